The predicted octanol–water partition coefficient (Wildman–Crippen LogP) is 3.71. The monoisotopic (exact) mass is 349 g/mol. The Bertz CT molecular complexity index is 889. The summed E-state index contributed by atoms with van der Waals surface area (Å²) in [5.41, 5.74) is 4.03. The lowest BCUT2D eigenvalue weighted by Crippen LogP contribution is -2.08. The lowest BCUT2D eigenvalue weighted by molar-refractivity contribution is 0.794. The van der Waals surface area contributed by atoms with Gasteiger partial charge in [-0.05, 0) is 42.0 Å². The first-order valence-corrected chi connectivity index (χ1v) is 8.86. The topological polar surface area (TPSA) is 57.7 Å². The second-order valence-corrected chi connectivity index (χ2v) is 6.85. The maximum absolute atomic E-state index is 8.85. The van der Waals surface area contributed by atoms with Crippen molar-refractivity contribution >= 4 is 17.4 Å². The van der Waals surface area contributed by atoms with Crippen molar-refractivity contribution in [3.63, 3.8) is 0 Å². The van der Waals surface area contributed by atoms with Crippen molar-refractivity contribution in [1.29, 1.82) is 5.26 Å². The third-order valence-electron chi connectivity index (χ3n) is 3.93. The molecule has 5 nitrogen and oxygen atoms in total. The van der Waals surface area contributed by atoms with Gasteiger partial charge in [0.15, 0.2) is 11.0 Å². The molecular weight excluding hydrogens is 330 g/mol. The van der Waals surface area contributed by atoms with E-state index in [0.717, 1.165) is 33.5 Å². The number of thioether (sulfide) groups is 1. The van der Waals surface area contributed by atoms with Crippen molar-refractivity contribution in [1.82, 2.24) is 14.8 Å². The molecule has 3 aromatic rings. The Morgan fingerprint density at radius 2 is 1.72 bits per heavy atom. The fourth-order valence-corrected chi connectivity index (χ4v) is 3.29. The normalized spacial score (nSPS) is 10.5. The molecule has 0 spiro atoms. The van der Waals surface area contributed by atoms with E-state index >= 15 is 0 Å². The van der Waals surface area contributed by atoms with E-state index < -0.39 is 0 Å². The number of anilines is 1. The molecule has 0 radical (unpaired) electrons. The van der Waals surface area contributed by atoms with E-state index in [0.29, 0.717) is 5.56 Å². The van der Waals surface area contributed by atoms with Crippen LogP contribution in [0.5, 0.6) is 0 Å². The van der Waals surface area contributed by atoms with Gasteiger partial charge < -0.3 is 9.47 Å². The van der Waals surface area contributed by atoms with Crippen molar-refractivity contribution in [2.24, 2.45) is 7.05 Å². The quantitative estimate of drug-likeness (QED) is 0.657. The highest BCUT2D eigenvalue weighted by Crippen LogP contribution is 2.26. The minimum Gasteiger partial charge on any atom is -0.378 e. The van der Waals surface area contributed by atoms with Crippen LogP contribution < -0.4 is 4.90 Å². The first kappa shape index (κ1) is 17.1. The van der Waals surface area contributed by atoms with Crippen LogP contribution in [0.2, 0.25) is 0 Å². The van der Waals surface area contributed by atoms with Gasteiger partial charge >= 0.3 is 0 Å². The Hall–Kier alpha value is -2.78. The first-order valence-electron chi connectivity index (χ1n) is 7.87. The highest BCUT2D eigenvalue weighted by Gasteiger charge is 2.11. The van der Waals surface area contributed by atoms with E-state index in [9.17, 15) is 0 Å². The van der Waals surface area contributed by atoms with Crippen molar-refractivity contribution in [2.75, 3.05) is 19.0 Å². The van der Waals surface area contributed by atoms with E-state index in [2.05, 4.69) is 45.4 Å². The van der Waals surface area contributed by atoms with Crippen LogP contribution in [0.3, 0.4) is 0 Å². The van der Waals surface area contributed by atoms with Gasteiger partial charge in [0.2, 0.25) is 0 Å². The van der Waals surface area contributed by atoms with Gasteiger partial charge in [-0.15, -0.1) is 10.2 Å². The average molecular weight is 349 g/mol. The molecule has 0 aliphatic heterocycles. The molecule has 0 saturated carbocycles. The molecule has 0 amide bonds. The molecule has 2 aromatic carbocycles. The standard InChI is InChI=1S/C19H19N5S/c1-23(2)17-10-8-16(9-11-17)18-21-22-19(24(18)3)25-13-15-6-4-14(12-20)5-7-15/h4-11H,13H2,1-3H3. The summed E-state index contributed by atoms with van der Waals surface area (Å²) in [5.74, 6) is 1.64. The number of rotatable bonds is 5. The lowest BCUT2D eigenvalue weighted by atomic mass is 10.2. The molecular formula is C19H19N5S. The number of benzene rings is 2. The van der Waals surface area contributed by atoms with Crippen molar-refractivity contribution in [3.8, 4) is 17.5 Å². The van der Waals surface area contributed by atoms with Gasteiger partial charge in [0.25, 0.3) is 0 Å². The highest BCUT2D eigenvalue weighted by molar-refractivity contribution is 7.98. The van der Waals surface area contributed by atoms with Crippen LogP contribution in [0.15, 0.2) is 53.7 Å². The molecule has 0 N–H and O–H groups in total. The molecule has 0 fully saturated rings. The summed E-state index contributed by atoms with van der Waals surface area (Å²) in [6.45, 7) is 0. The predicted molar refractivity (Wildman–Crippen MR) is 101 cm³/mol. The van der Waals surface area contributed by atoms with Gasteiger partial charge in [-0.2, -0.15) is 5.26 Å². The third-order valence-corrected chi connectivity index (χ3v) is 5.02. The fraction of sp³-hybridized carbons (Fsp3) is 0.211. The summed E-state index contributed by atoms with van der Waals surface area (Å²) < 4.78 is 2.01. The first-order chi connectivity index (χ1) is 12.1. The number of nitrogens with zero attached hydrogens (tertiary/aromatic N) is 5. The van der Waals surface area contributed by atoms with Crippen LogP contribution >= 0.6 is 11.8 Å². The van der Waals surface area contributed by atoms with Gasteiger partial charge in [0.1, 0.15) is 0 Å². The Labute approximate surface area is 151 Å². The molecule has 1 heterocycles. The van der Waals surface area contributed by atoms with Crippen LogP contribution in [-0.4, -0.2) is 28.9 Å². The Morgan fingerprint density at radius 3 is 2.32 bits per heavy atom. The maximum atomic E-state index is 8.85. The zero-order valence-corrected chi connectivity index (χ0v) is 15.3. The maximum Gasteiger partial charge on any atom is 0.191 e. The van der Waals surface area contributed by atoms with Gasteiger partial charge in [-0.3, -0.25) is 0 Å². The van der Waals surface area contributed by atoms with E-state index in [4.69, 9.17) is 5.26 Å². The molecule has 6 heteroatoms. The van der Waals surface area contributed by atoms with Crippen LogP contribution in [-0.2, 0) is 12.8 Å². The second kappa shape index (κ2) is 7.41. The largest absolute Gasteiger partial charge is 0.378 e. The summed E-state index contributed by atoms with van der Waals surface area (Å²) in [7, 11) is 6.03. The van der Waals surface area contributed by atoms with Gasteiger partial charge in [0.05, 0.1) is 11.6 Å². The van der Waals surface area contributed by atoms with E-state index in [1.807, 2.05) is 50.0 Å². The van der Waals surface area contributed by atoms with Crippen LogP contribution in [0.4, 0.5) is 5.69 Å². The van der Waals surface area contributed by atoms with Crippen molar-refractivity contribution < 1.29 is 0 Å². The number of hydrogen-bond donors (Lipinski definition) is 0. The number of aromatic nitrogens is 3. The van der Waals surface area contributed by atoms with Gasteiger partial charge in [-0.1, -0.05) is 23.9 Å². The lowest BCUT2D eigenvalue weighted by Gasteiger charge is -2.12. The van der Waals surface area contributed by atoms with Crippen LogP contribution in [0.1, 0.15) is 11.1 Å². The van der Waals surface area contributed by atoms with Crippen molar-refractivity contribution in [3.05, 3.63) is 59.7 Å². The Morgan fingerprint density at radius 1 is 1.04 bits per heavy atom. The fourth-order valence-electron chi connectivity index (χ4n) is 2.42. The van der Waals surface area contributed by atoms with E-state index in [-0.39, 0.29) is 0 Å². The molecule has 126 valence electrons. The summed E-state index contributed by atoms with van der Waals surface area (Å²) in [5, 5.41) is 18.4. The third kappa shape index (κ3) is 3.83. The number of hydrogen-bond acceptors (Lipinski definition) is 5. The summed E-state index contributed by atoms with van der Waals surface area (Å²) in [6, 6.07) is 18.0. The zero-order chi connectivity index (χ0) is 17.8. The Kier molecular flexibility index (Phi) is 5.05. The second-order valence-electron chi connectivity index (χ2n) is 5.90. The minimum atomic E-state index is 0.677. The molecule has 0 aliphatic carbocycles. The minimum absolute atomic E-state index is 0.677. The van der Waals surface area contributed by atoms with E-state index in [1.54, 1.807) is 11.8 Å². The molecule has 0 bridgehead atoms. The Balaban J connectivity index is 1.73. The smallest absolute Gasteiger partial charge is 0.191 e. The molecule has 0 saturated heterocycles. The van der Waals surface area contributed by atoms with Crippen LogP contribution in [0.25, 0.3) is 11.4 Å². The molecule has 3 rings (SSSR count). The summed E-state index contributed by atoms with van der Waals surface area (Å²) >= 11 is 1.64. The average Bonchev–Trinajstić information content (AvgIpc) is 3.01. The van der Waals surface area contributed by atoms with Crippen molar-refractivity contribution in [2.45, 2.75) is 10.9 Å². The van der Waals surface area contributed by atoms with Gasteiger partial charge in [0, 0.05) is 38.1 Å². The molecule has 1 aromatic heterocycles. The van der Waals surface area contributed by atoms with Crippen LogP contribution in [0, 0.1) is 11.3 Å². The SMILES string of the molecule is CN(C)c1ccc(-c2nnc(SCc3ccc(C#N)cc3)n2C)cc1. The number of nitriles is 1. The summed E-state index contributed by atoms with van der Waals surface area (Å²) in [4.78, 5) is 2.07. The molecule has 0 aliphatic rings. The molecule has 0 unspecified atom stereocenters. The molecule has 25 heavy (non-hydrogen) atoms. The highest BCUT2D eigenvalue weighted by atomic mass is 32.2. The summed E-state index contributed by atoms with van der Waals surface area (Å²) in [6.07, 6.45) is 0. The molecule has 0 atom stereocenters. The van der Waals surface area contributed by atoms with E-state index in [1.165, 1.54) is 0 Å². The van der Waals surface area contributed by atoms with Gasteiger partial charge in [-0.25, -0.2) is 0 Å². The zero-order valence-electron chi connectivity index (χ0n) is 14.5.